The van der Waals surface area contributed by atoms with Crippen LogP contribution in [0.1, 0.15) is 52.4 Å². The van der Waals surface area contributed by atoms with Crippen LogP contribution in [0, 0.1) is 13.8 Å². The van der Waals surface area contributed by atoms with Crippen molar-refractivity contribution in [3.63, 3.8) is 0 Å². The Balaban J connectivity index is 2.07. The Morgan fingerprint density at radius 1 is 1.27 bits per heavy atom. The molecule has 2 rings (SSSR count). The van der Waals surface area contributed by atoms with Gasteiger partial charge in [0.05, 0.1) is 12.4 Å². The molecule has 0 aliphatic heterocycles. The molecule has 2 aromatic rings. The second-order valence-electron chi connectivity index (χ2n) is 5.82. The number of rotatable bonds is 8. The Morgan fingerprint density at radius 2 is 2.00 bits per heavy atom. The highest BCUT2D eigenvalue weighted by Crippen LogP contribution is 2.21. The number of Topliss-reactive ketones (excluding diaryl/α,β-unsaturated/α-hetero) is 1. The number of ether oxygens (including phenoxy) is 1. The summed E-state index contributed by atoms with van der Waals surface area (Å²) < 4.78 is 7.04. The third-order valence-corrected chi connectivity index (χ3v) is 4.81. The van der Waals surface area contributed by atoms with Crippen molar-refractivity contribution in [3.05, 3.63) is 34.8 Å². The van der Waals surface area contributed by atoms with E-state index in [0.29, 0.717) is 5.16 Å². The monoisotopic (exact) mass is 376 g/mol. The average Bonchev–Trinajstić information content (AvgIpc) is 2.88. The Kier molecular flexibility index (Phi) is 6.79. The zero-order chi connectivity index (χ0) is 19.3. The molecule has 0 aliphatic rings. The quantitative estimate of drug-likeness (QED) is 0.327. The van der Waals surface area contributed by atoms with Gasteiger partial charge in [-0.05, 0) is 33.3 Å². The number of hydrogen-bond acceptors (Lipinski definition) is 7. The lowest BCUT2D eigenvalue weighted by Gasteiger charge is -2.08. The molecule has 0 saturated heterocycles. The second kappa shape index (κ2) is 8.84. The van der Waals surface area contributed by atoms with Gasteiger partial charge >= 0.3 is 5.97 Å². The number of nitrogens with zero attached hydrogens (tertiary/aromatic N) is 3. The first-order valence-corrected chi connectivity index (χ1v) is 9.49. The lowest BCUT2D eigenvalue weighted by molar-refractivity contribution is 0.0526. The molecule has 8 heteroatoms. The SMILES string of the molecule is CCCn1c(C)cc(C(=O)CSc2ncc(C(=O)OCC)c(N)n2)c1C. The van der Waals surface area contributed by atoms with Gasteiger partial charge in [-0.15, -0.1) is 0 Å². The molecule has 0 saturated carbocycles. The molecule has 140 valence electrons. The van der Waals surface area contributed by atoms with Crippen LogP contribution in [0.5, 0.6) is 0 Å². The molecular weight excluding hydrogens is 352 g/mol. The zero-order valence-electron chi connectivity index (χ0n) is 15.5. The molecule has 0 amide bonds. The van der Waals surface area contributed by atoms with E-state index < -0.39 is 5.97 Å². The van der Waals surface area contributed by atoms with E-state index in [0.717, 1.165) is 29.9 Å². The predicted octanol–water partition coefficient (Wildman–Crippen LogP) is 3.04. The van der Waals surface area contributed by atoms with E-state index in [1.165, 1.54) is 18.0 Å². The third kappa shape index (κ3) is 4.43. The highest BCUT2D eigenvalue weighted by Gasteiger charge is 2.17. The van der Waals surface area contributed by atoms with Gasteiger partial charge in [0.15, 0.2) is 10.9 Å². The summed E-state index contributed by atoms with van der Waals surface area (Å²) in [6.07, 6.45) is 2.35. The number of ketones is 1. The number of nitrogen functional groups attached to an aromatic ring is 1. The molecule has 0 spiro atoms. The first-order valence-electron chi connectivity index (χ1n) is 8.51. The maximum absolute atomic E-state index is 12.6. The van der Waals surface area contributed by atoms with Gasteiger partial charge in [0.1, 0.15) is 11.4 Å². The van der Waals surface area contributed by atoms with Crippen LogP contribution in [0.3, 0.4) is 0 Å². The summed E-state index contributed by atoms with van der Waals surface area (Å²) in [7, 11) is 0. The Labute approximate surface area is 157 Å². The predicted molar refractivity (Wildman–Crippen MR) is 102 cm³/mol. The molecule has 26 heavy (non-hydrogen) atoms. The Hall–Kier alpha value is -2.35. The van der Waals surface area contributed by atoms with Crippen molar-refractivity contribution in [1.82, 2.24) is 14.5 Å². The molecule has 0 unspecified atom stereocenters. The van der Waals surface area contributed by atoms with Crippen molar-refractivity contribution >= 4 is 29.3 Å². The minimum atomic E-state index is -0.555. The fourth-order valence-electron chi connectivity index (χ4n) is 2.67. The standard InChI is InChI=1S/C18H24N4O3S/c1-5-7-22-11(3)8-13(12(22)4)15(23)10-26-18-20-9-14(16(19)21-18)17(24)25-6-2/h8-9H,5-7,10H2,1-4H3,(H2,19,20,21). The largest absolute Gasteiger partial charge is 0.462 e. The first kappa shape index (κ1) is 20.0. The summed E-state index contributed by atoms with van der Waals surface area (Å²) >= 11 is 1.20. The minimum Gasteiger partial charge on any atom is -0.462 e. The molecule has 0 bridgehead atoms. The van der Waals surface area contributed by atoms with Crippen LogP contribution >= 0.6 is 11.8 Å². The van der Waals surface area contributed by atoms with E-state index in [-0.39, 0.29) is 29.5 Å². The Bertz CT molecular complexity index is 817. The molecule has 2 aromatic heterocycles. The van der Waals surface area contributed by atoms with E-state index in [1.54, 1.807) is 6.92 Å². The molecule has 0 aromatic carbocycles. The molecule has 0 atom stereocenters. The maximum Gasteiger partial charge on any atom is 0.343 e. The molecule has 2 N–H and O–H groups in total. The van der Waals surface area contributed by atoms with E-state index in [4.69, 9.17) is 10.5 Å². The number of carbonyl (C=O) groups is 2. The van der Waals surface area contributed by atoms with Crippen LogP contribution in [0.2, 0.25) is 0 Å². The highest BCUT2D eigenvalue weighted by atomic mass is 32.2. The van der Waals surface area contributed by atoms with Gasteiger partial charge < -0.3 is 15.0 Å². The van der Waals surface area contributed by atoms with E-state index in [1.807, 2.05) is 19.9 Å². The maximum atomic E-state index is 12.6. The fraction of sp³-hybridized carbons (Fsp3) is 0.444. The van der Waals surface area contributed by atoms with Gasteiger partial charge in [-0.3, -0.25) is 4.79 Å². The van der Waals surface area contributed by atoms with Crippen molar-refractivity contribution < 1.29 is 14.3 Å². The third-order valence-electron chi connectivity index (χ3n) is 3.95. The second-order valence-corrected chi connectivity index (χ2v) is 6.76. The number of nitrogens with two attached hydrogens (primary N) is 1. The van der Waals surface area contributed by atoms with Gasteiger partial charge in [0, 0.05) is 29.7 Å². The van der Waals surface area contributed by atoms with Crippen molar-refractivity contribution in [2.45, 2.75) is 45.8 Å². The summed E-state index contributed by atoms with van der Waals surface area (Å²) in [5.41, 5.74) is 8.71. The first-order chi connectivity index (χ1) is 12.4. The van der Waals surface area contributed by atoms with Crippen LogP contribution in [-0.2, 0) is 11.3 Å². The van der Waals surface area contributed by atoms with Crippen molar-refractivity contribution in [3.8, 4) is 0 Å². The number of thioether (sulfide) groups is 1. The van der Waals surface area contributed by atoms with Crippen molar-refractivity contribution in [1.29, 1.82) is 0 Å². The number of esters is 1. The Morgan fingerprint density at radius 3 is 2.62 bits per heavy atom. The van der Waals surface area contributed by atoms with Gasteiger partial charge in [-0.25, -0.2) is 14.8 Å². The summed E-state index contributed by atoms with van der Waals surface area (Å²) in [5.74, 6) is -0.285. The summed E-state index contributed by atoms with van der Waals surface area (Å²) in [4.78, 5) is 32.5. The zero-order valence-corrected chi connectivity index (χ0v) is 16.4. The summed E-state index contributed by atoms with van der Waals surface area (Å²) in [5, 5.41) is 0.353. The lowest BCUT2D eigenvalue weighted by atomic mass is 10.2. The van der Waals surface area contributed by atoms with Crippen LogP contribution in [0.4, 0.5) is 5.82 Å². The normalized spacial score (nSPS) is 10.8. The van der Waals surface area contributed by atoms with E-state index in [9.17, 15) is 9.59 Å². The lowest BCUT2D eigenvalue weighted by Crippen LogP contribution is -2.11. The summed E-state index contributed by atoms with van der Waals surface area (Å²) in [6.45, 7) is 8.93. The van der Waals surface area contributed by atoms with Gasteiger partial charge in [-0.2, -0.15) is 0 Å². The number of aromatic nitrogens is 3. The van der Waals surface area contributed by atoms with Crippen LogP contribution in [-0.4, -0.2) is 38.6 Å². The topological polar surface area (TPSA) is 100 Å². The average molecular weight is 376 g/mol. The molecule has 0 fully saturated rings. The minimum absolute atomic E-state index is 0.0158. The van der Waals surface area contributed by atoms with Gasteiger partial charge in [0.2, 0.25) is 0 Å². The van der Waals surface area contributed by atoms with Crippen LogP contribution < -0.4 is 5.73 Å². The highest BCUT2D eigenvalue weighted by molar-refractivity contribution is 7.99. The molecule has 7 nitrogen and oxygen atoms in total. The van der Waals surface area contributed by atoms with Crippen molar-refractivity contribution in [2.75, 3.05) is 18.1 Å². The molecule has 0 aliphatic carbocycles. The van der Waals surface area contributed by atoms with Gasteiger partial charge in [-0.1, -0.05) is 18.7 Å². The molecular formula is C18H24N4O3S. The number of carbonyl (C=O) groups excluding carboxylic acids is 2. The number of anilines is 1. The fourth-order valence-corrected chi connectivity index (χ4v) is 3.38. The summed E-state index contributed by atoms with van der Waals surface area (Å²) in [6, 6.07) is 1.92. The van der Waals surface area contributed by atoms with E-state index in [2.05, 4.69) is 21.5 Å². The van der Waals surface area contributed by atoms with Crippen molar-refractivity contribution in [2.24, 2.45) is 0 Å². The van der Waals surface area contributed by atoms with E-state index >= 15 is 0 Å². The smallest absolute Gasteiger partial charge is 0.343 e. The van der Waals surface area contributed by atoms with Gasteiger partial charge in [0.25, 0.3) is 0 Å². The van der Waals surface area contributed by atoms with Crippen LogP contribution in [0.15, 0.2) is 17.4 Å². The molecule has 2 heterocycles. The van der Waals surface area contributed by atoms with Crippen LogP contribution in [0.25, 0.3) is 0 Å². The number of hydrogen-bond donors (Lipinski definition) is 1. The number of aryl methyl sites for hydroxylation is 1. The molecule has 0 radical (unpaired) electrons.